The normalized spacial score (nSPS) is 35.6. The van der Waals surface area contributed by atoms with Crippen LogP contribution in [0.5, 0.6) is 0 Å². The molecule has 1 saturated carbocycles. The molecule has 0 spiro atoms. The standard InChI is InChI=1S/C12H23N3O/c1-9(2)12(3)8-10(12)14-11(13)15-4-6-16-7-5-15/h9-10H,4-8H2,1-3H3,(H2,13,14). The van der Waals surface area contributed by atoms with Crippen LogP contribution in [0.3, 0.4) is 0 Å². The molecule has 4 nitrogen and oxygen atoms in total. The quantitative estimate of drug-likeness (QED) is 0.565. The van der Waals surface area contributed by atoms with Crippen molar-refractivity contribution in [2.24, 2.45) is 22.1 Å². The van der Waals surface area contributed by atoms with Crippen LogP contribution in [0.4, 0.5) is 0 Å². The van der Waals surface area contributed by atoms with Crippen molar-refractivity contribution < 1.29 is 4.74 Å². The minimum absolute atomic E-state index is 0.372. The maximum absolute atomic E-state index is 6.03. The zero-order chi connectivity index (χ0) is 11.8. The van der Waals surface area contributed by atoms with Crippen LogP contribution in [-0.2, 0) is 4.74 Å². The van der Waals surface area contributed by atoms with Crippen LogP contribution < -0.4 is 5.73 Å². The summed E-state index contributed by atoms with van der Waals surface area (Å²) >= 11 is 0. The number of aliphatic imine (C=N–C) groups is 1. The van der Waals surface area contributed by atoms with E-state index in [1.807, 2.05) is 0 Å². The highest BCUT2D eigenvalue weighted by atomic mass is 16.5. The first-order valence-corrected chi connectivity index (χ1v) is 6.20. The van der Waals surface area contributed by atoms with Gasteiger partial charge in [0.05, 0.1) is 19.3 Å². The van der Waals surface area contributed by atoms with Gasteiger partial charge in [0, 0.05) is 13.1 Å². The van der Waals surface area contributed by atoms with E-state index in [4.69, 9.17) is 10.5 Å². The summed E-state index contributed by atoms with van der Waals surface area (Å²) in [5, 5.41) is 0. The second-order valence-electron chi connectivity index (χ2n) is 5.47. The van der Waals surface area contributed by atoms with Gasteiger partial charge in [0.25, 0.3) is 0 Å². The van der Waals surface area contributed by atoms with Crippen LogP contribution in [0, 0.1) is 11.3 Å². The van der Waals surface area contributed by atoms with Crippen molar-refractivity contribution in [3.8, 4) is 0 Å². The summed E-state index contributed by atoms with van der Waals surface area (Å²) in [6.07, 6.45) is 1.18. The Morgan fingerprint density at radius 2 is 2.06 bits per heavy atom. The van der Waals surface area contributed by atoms with Gasteiger partial charge in [0.15, 0.2) is 5.96 Å². The highest BCUT2D eigenvalue weighted by Crippen LogP contribution is 2.53. The number of nitrogens with two attached hydrogens (primary N) is 1. The van der Waals surface area contributed by atoms with E-state index in [0.29, 0.717) is 23.3 Å². The molecule has 1 saturated heterocycles. The van der Waals surface area contributed by atoms with E-state index in [9.17, 15) is 0 Å². The summed E-state index contributed by atoms with van der Waals surface area (Å²) < 4.78 is 5.30. The molecule has 1 aliphatic carbocycles. The highest BCUT2D eigenvalue weighted by Gasteiger charge is 2.52. The van der Waals surface area contributed by atoms with E-state index in [1.54, 1.807) is 0 Å². The van der Waals surface area contributed by atoms with Crippen LogP contribution in [0.1, 0.15) is 27.2 Å². The summed E-state index contributed by atoms with van der Waals surface area (Å²) in [6.45, 7) is 10.1. The molecule has 0 aromatic carbocycles. The Bertz CT molecular complexity index is 284. The van der Waals surface area contributed by atoms with Gasteiger partial charge in [0.1, 0.15) is 0 Å². The minimum Gasteiger partial charge on any atom is -0.378 e. The van der Waals surface area contributed by atoms with Gasteiger partial charge in [-0.05, 0) is 17.8 Å². The van der Waals surface area contributed by atoms with Crippen molar-refractivity contribution in [3.63, 3.8) is 0 Å². The fraction of sp³-hybridized carbons (Fsp3) is 0.917. The van der Waals surface area contributed by atoms with Crippen molar-refractivity contribution in [1.82, 2.24) is 4.90 Å². The fourth-order valence-corrected chi connectivity index (χ4v) is 2.21. The van der Waals surface area contributed by atoms with Crippen molar-refractivity contribution in [1.29, 1.82) is 0 Å². The molecule has 0 aromatic heterocycles. The Kier molecular flexibility index (Phi) is 3.10. The molecule has 2 atom stereocenters. The van der Waals surface area contributed by atoms with Gasteiger partial charge < -0.3 is 15.4 Å². The monoisotopic (exact) mass is 225 g/mol. The van der Waals surface area contributed by atoms with E-state index in [1.165, 1.54) is 6.42 Å². The Balaban J connectivity index is 1.93. The number of morpholine rings is 1. The molecule has 92 valence electrons. The molecule has 2 N–H and O–H groups in total. The van der Waals surface area contributed by atoms with Crippen molar-refractivity contribution in [3.05, 3.63) is 0 Å². The van der Waals surface area contributed by atoms with E-state index in [-0.39, 0.29) is 0 Å². The highest BCUT2D eigenvalue weighted by molar-refractivity contribution is 5.78. The molecule has 1 heterocycles. The third-order valence-corrected chi connectivity index (χ3v) is 4.18. The largest absolute Gasteiger partial charge is 0.378 e. The molecule has 0 bridgehead atoms. The molecule has 0 amide bonds. The molecule has 1 aliphatic heterocycles. The molecular weight excluding hydrogens is 202 g/mol. The molecule has 2 aliphatic rings. The Hall–Kier alpha value is -0.770. The number of hydrogen-bond acceptors (Lipinski definition) is 2. The lowest BCUT2D eigenvalue weighted by Gasteiger charge is -2.27. The van der Waals surface area contributed by atoms with Gasteiger partial charge in [-0.2, -0.15) is 0 Å². The van der Waals surface area contributed by atoms with E-state index < -0.39 is 0 Å². The van der Waals surface area contributed by atoms with Gasteiger partial charge in [-0.15, -0.1) is 0 Å². The van der Waals surface area contributed by atoms with Crippen LogP contribution in [-0.4, -0.2) is 43.2 Å². The smallest absolute Gasteiger partial charge is 0.191 e. The molecule has 2 rings (SSSR count). The topological polar surface area (TPSA) is 50.8 Å². The van der Waals surface area contributed by atoms with Crippen molar-refractivity contribution >= 4 is 5.96 Å². The van der Waals surface area contributed by atoms with E-state index in [0.717, 1.165) is 26.3 Å². The van der Waals surface area contributed by atoms with Crippen LogP contribution in [0.25, 0.3) is 0 Å². The zero-order valence-electron chi connectivity index (χ0n) is 10.6. The molecule has 2 unspecified atom stereocenters. The van der Waals surface area contributed by atoms with E-state index >= 15 is 0 Å². The molecule has 0 radical (unpaired) electrons. The third kappa shape index (κ3) is 2.17. The summed E-state index contributed by atoms with van der Waals surface area (Å²) in [7, 11) is 0. The Morgan fingerprint density at radius 1 is 1.44 bits per heavy atom. The first-order valence-electron chi connectivity index (χ1n) is 6.20. The maximum atomic E-state index is 6.03. The van der Waals surface area contributed by atoms with Crippen LogP contribution >= 0.6 is 0 Å². The zero-order valence-corrected chi connectivity index (χ0v) is 10.6. The lowest BCUT2D eigenvalue weighted by Crippen LogP contribution is -2.45. The van der Waals surface area contributed by atoms with Gasteiger partial charge >= 0.3 is 0 Å². The van der Waals surface area contributed by atoms with Gasteiger partial charge in [-0.1, -0.05) is 20.8 Å². The average molecular weight is 225 g/mol. The molecule has 16 heavy (non-hydrogen) atoms. The van der Waals surface area contributed by atoms with E-state index in [2.05, 4.69) is 30.7 Å². The van der Waals surface area contributed by atoms with Crippen LogP contribution in [0.2, 0.25) is 0 Å². The lowest BCUT2D eigenvalue weighted by atomic mass is 9.94. The molecular formula is C12H23N3O. The maximum Gasteiger partial charge on any atom is 0.191 e. The number of hydrogen-bond donors (Lipinski definition) is 1. The first kappa shape index (κ1) is 11.7. The summed E-state index contributed by atoms with van der Waals surface area (Å²) in [5.41, 5.74) is 6.40. The second-order valence-corrected chi connectivity index (χ2v) is 5.47. The number of guanidine groups is 1. The number of rotatable bonds is 2. The van der Waals surface area contributed by atoms with Crippen LogP contribution in [0.15, 0.2) is 4.99 Å². The Labute approximate surface area is 97.9 Å². The van der Waals surface area contributed by atoms with Gasteiger partial charge in [-0.25, -0.2) is 4.99 Å². The van der Waals surface area contributed by atoms with Crippen molar-refractivity contribution in [2.45, 2.75) is 33.2 Å². The summed E-state index contributed by atoms with van der Waals surface area (Å²) in [6, 6.07) is 0.426. The Morgan fingerprint density at radius 3 is 2.56 bits per heavy atom. The second kappa shape index (κ2) is 4.24. The summed E-state index contributed by atoms with van der Waals surface area (Å²) in [5.74, 6) is 1.39. The van der Waals surface area contributed by atoms with Gasteiger partial charge in [0.2, 0.25) is 0 Å². The van der Waals surface area contributed by atoms with Crippen molar-refractivity contribution in [2.75, 3.05) is 26.3 Å². The first-order chi connectivity index (χ1) is 7.54. The predicted octanol–water partition coefficient (Wildman–Crippen LogP) is 1.07. The molecule has 0 aromatic rings. The predicted molar refractivity (Wildman–Crippen MR) is 65.4 cm³/mol. The average Bonchev–Trinajstić information content (AvgIpc) is 2.92. The molecule has 2 fully saturated rings. The minimum atomic E-state index is 0.372. The van der Waals surface area contributed by atoms with Gasteiger partial charge in [-0.3, -0.25) is 0 Å². The molecule has 4 heteroatoms. The lowest BCUT2D eigenvalue weighted by molar-refractivity contribution is 0.0673. The summed E-state index contributed by atoms with van der Waals surface area (Å²) in [4.78, 5) is 6.78. The third-order valence-electron chi connectivity index (χ3n) is 4.18. The SMILES string of the molecule is CC(C)C1(C)CC1N=C(N)N1CCOCC1. The fourth-order valence-electron chi connectivity index (χ4n) is 2.21. The number of nitrogens with zero attached hydrogens (tertiary/aromatic N) is 2. The number of ether oxygens (including phenoxy) is 1.